The summed E-state index contributed by atoms with van der Waals surface area (Å²) in [4.78, 5) is 24.5. The largest absolute Gasteiger partial charge is 0.466 e. The van der Waals surface area contributed by atoms with E-state index < -0.39 is 12.1 Å². The minimum Gasteiger partial charge on any atom is -0.466 e. The average Bonchev–Trinajstić information content (AvgIpc) is 3.26. The molecule has 1 amide bonds. The fourth-order valence-electron chi connectivity index (χ4n) is 8.58. The molecule has 6 nitrogen and oxygen atoms in total. The predicted octanol–water partition coefficient (Wildman–Crippen LogP) is 16.5. The van der Waals surface area contributed by atoms with Gasteiger partial charge in [0.2, 0.25) is 5.91 Å². The Kier molecular flexibility index (Phi) is 50.1. The van der Waals surface area contributed by atoms with Crippen LogP contribution in [0.1, 0.15) is 303 Å². The summed E-state index contributed by atoms with van der Waals surface area (Å²) >= 11 is 0. The number of hydrogen-bond acceptors (Lipinski definition) is 5. The number of esters is 1. The second-order valence-electron chi connectivity index (χ2n) is 18.9. The van der Waals surface area contributed by atoms with Crippen LogP contribution in [0, 0.1) is 0 Å². The minimum atomic E-state index is -0.679. The number of unbranched alkanes of at least 4 members (excludes halogenated alkanes) is 38. The molecule has 0 rings (SSSR count). The molecule has 0 saturated carbocycles. The van der Waals surface area contributed by atoms with E-state index in [1.165, 1.54) is 193 Å². The van der Waals surface area contributed by atoms with Crippen molar-refractivity contribution >= 4 is 11.9 Å². The molecule has 0 aromatic heterocycles. The molecule has 0 spiro atoms. The monoisotopic (exact) mass is 862 g/mol. The maximum atomic E-state index is 12.5. The van der Waals surface area contributed by atoms with Gasteiger partial charge in [0.25, 0.3) is 0 Å². The topological polar surface area (TPSA) is 95.9 Å². The summed E-state index contributed by atoms with van der Waals surface area (Å²) < 4.78 is 5.46. The van der Waals surface area contributed by atoms with E-state index in [0.29, 0.717) is 25.9 Å². The summed E-state index contributed by atoms with van der Waals surface area (Å²) in [6.07, 6.45) is 59.0. The molecule has 0 aliphatic rings. The van der Waals surface area contributed by atoms with Gasteiger partial charge in [-0.05, 0) is 57.8 Å². The van der Waals surface area contributed by atoms with Crippen molar-refractivity contribution in [3.05, 3.63) is 12.2 Å². The van der Waals surface area contributed by atoms with Crippen molar-refractivity contribution in [1.82, 2.24) is 5.32 Å². The molecule has 0 aromatic rings. The van der Waals surface area contributed by atoms with Crippen LogP contribution in [0.5, 0.6) is 0 Å². The third-order valence-corrected chi connectivity index (χ3v) is 12.8. The van der Waals surface area contributed by atoms with Crippen LogP contribution in [-0.2, 0) is 14.3 Å². The van der Waals surface area contributed by atoms with Crippen LogP contribution >= 0.6 is 0 Å². The van der Waals surface area contributed by atoms with Gasteiger partial charge < -0.3 is 20.3 Å². The molecule has 0 saturated heterocycles. The standard InChI is InChI=1S/C55H107NO5/c1-3-5-7-9-11-13-15-17-19-21-23-27-31-35-39-43-47-53(58)52(51-57)56-54(59)48-44-40-36-32-28-25-26-30-34-38-42-46-50-61-55(60)49-45-41-37-33-29-24-22-20-18-16-14-12-10-8-6-4-2/h26,30,52-53,57-58H,3-25,27-29,31-51H2,1-2H3,(H,56,59)/b30-26-. The van der Waals surface area contributed by atoms with Crippen molar-refractivity contribution in [2.75, 3.05) is 13.2 Å². The Hall–Kier alpha value is -1.40. The SMILES string of the molecule is CCCCCCCCCCCCCCCCCCC(=O)OCCCCC/C=C\CCCCCCCC(=O)NC(CO)C(O)CCCCCCCCCCCCCCCCCC. The molecule has 0 heterocycles. The highest BCUT2D eigenvalue weighted by Crippen LogP contribution is 2.17. The van der Waals surface area contributed by atoms with E-state index in [4.69, 9.17) is 4.74 Å². The van der Waals surface area contributed by atoms with Crippen molar-refractivity contribution in [3.8, 4) is 0 Å². The number of nitrogens with one attached hydrogen (secondary N) is 1. The highest BCUT2D eigenvalue weighted by molar-refractivity contribution is 5.76. The van der Waals surface area contributed by atoms with Gasteiger partial charge in [0, 0.05) is 12.8 Å². The van der Waals surface area contributed by atoms with Gasteiger partial charge in [-0.25, -0.2) is 0 Å². The molecule has 6 heteroatoms. The van der Waals surface area contributed by atoms with Crippen LogP contribution in [0.25, 0.3) is 0 Å². The fraction of sp³-hybridized carbons (Fsp3) is 0.927. The van der Waals surface area contributed by atoms with Crippen LogP contribution in [-0.4, -0.2) is 47.4 Å². The predicted molar refractivity (Wildman–Crippen MR) is 264 cm³/mol. The first-order valence-electron chi connectivity index (χ1n) is 27.4. The normalized spacial score (nSPS) is 12.7. The molecule has 0 radical (unpaired) electrons. The van der Waals surface area contributed by atoms with E-state index in [1.807, 2.05) is 0 Å². The van der Waals surface area contributed by atoms with Crippen molar-refractivity contribution in [2.45, 2.75) is 315 Å². The van der Waals surface area contributed by atoms with Crippen LogP contribution in [0.3, 0.4) is 0 Å². The Morgan fingerprint density at radius 2 is 0.770 bits per heavy atom. The van der Waals surface area contributed by atoms with Crippen LogP contribution < -0.4 is 5.32 Å². The zero-order valence-corrected chi connectivity index (χ0v) is 41.2. The molecule has 0 bridgehead atoms. The molecule has 2 unspecified atom stereocenters. The summed E-state index contributed by atoms with van der Waals surface area (Å²) in [5, 5.41) is 23.2. The summed E-state index contributed by atoms with van der Waals surface area (Å²) in [6.45, 7) is 4.91. The molecular formula is C55H107NO5. The van der Waals surface area contributed by atoms with E-state index in [-0.39, 0.29) is 18.5 Å². The Bertz CT molecular complexity index is 909. The van der Waals surface area contributed by atoms with Gasteiger partial charge in [0.15, 0.2) is 0 Å². The fourth-order valence-corrected chi connectivity index (χ4v) is 8.58. The second-order valence-corrected chi connectivity index (χ2v) is 18.9. The molecule has 2 atom stereocenters. The van der Waals surface area contributed by atoms with Gasteiger partial charge in [-0.15, -0.1) is 0 Å². The van der Waals surface area contributed by atoms with E-state index in [0.717, 1.165) is 77.0 Å². The first kappa shape index (κ1) is 59.6. The van der Waals surface area contributed by atoms with Crippen molar-refractivity contribution < 1.29 is 24.5 Å². The zero-order valence-electron chi connectivity index (χ0n) is 41.2. The third kappa shape index (κ3) is 47.9. The maximum absolute atomic E-state index is 12.5. The Morgan fingerprint density at radius 3 is 1.16 bits per heavy atom. The van der Waals surface area contributed by atoms with Crippen molar-refractivity contribution in [3.63, 3.8) is 0 Å². The van der Waals surface area contributed by atoms with Crippen LogP contribution in [0.15, 0.2) is 12.2 Å². The lowest BCUT2D eigenvalue weighted by molar-refractivity contribution is -0.143. The summed E-state index contributed by atoms with van der Waals surface area (Å²) in [7, 11) is 0. The molecule has 3 N–H and O–H groups in total. The lowest BCUT2D eigenvalue weighted by Crippen LogP contribution is -2.45. The molecule has 0 aliphatic heterocycles. The third-order valence-electron chi connectivity index (χ3n) is 12.8. The molecule has 0 fully saturated rings. The maximum Gasteiger partial charge on any atom is 0.305 e. The van der Waals surface area contributed by atoms with Gasteiger partial charge in [-0.2, -0.15) is 0 Å². The number of aliphatic hydroxyl groups is 2. The summed E-state index contributed by atoms with van der Waals surface area (Å²) in [5.74, 6) is -0.0773. The lowest BCUT2D eigenvalue weighted by atomic mass is 10.0. The number of amides is 1. The first-order valence-corrected chi connectivity index (χ1v) is 27.4. The van der Waals surface area contributed by atoms with E-state index in [9.17, 15) is 19.8 Å². The Labute approximate surface area is 380 Å². The van der Waals surface area contributed by atoms with Gasteiger partial charge >= 0.3 is 5.97 Å². The molecule has 0 aromatic carbocycles. The van der Waals surface area contributed by atoms with Gasteiger partial charge in [0.1, 0.15) is 0 Å². The van der Waals surface area contributed by atoms with Crippen LogP contribution in [0.2, 0.25) is 0 Å². The second kappa shape index (κ2) is 51.2. The lowest BCUT2D eigenvalue weighted by Gasteiger charge is -2.22. The number of aliphatic hydroxyl groups excluding tert-OH is 2. The van der Waals surface area contributed by atoms with E-state index >= 15 is 0 Å². The summed E-state index contributed by atoms with van der Waals surface area (Å²) in [5.41, 5.74) is 0. The Balaban J connectivity index is 3.48. The van der Waals surface area contributed by atoms with Gasteiger partial charge in [-0.1, -0.05) is 244 Å². The smallest absolute Gasteiger partial charge is 0.305 e. The number of rotatable bonds is 51. The van der Waals surface area contributed by atoms with Crippen molar-refractivity contribution in [1.29, 1.82) is 0 Å². The average molecular weight is 862 g/mol. The van der Waals surface area contributed by atoms with E-state index in [2.05, 4.69) is 31.3 Å². The summed E-state index contributed by atoms with van der Waals surface area (Å²) in [6, 6.07) is -0.559. The zero-order chi connectivity index (χ0) is 44.4. The molecular weight excluding hydrogens is 755 g/mol. The quantitative estimate of drug-likeness (QED) is 0.0322. The highest BCUT2D eigenvalue weighted by atomic mass is 16.5. The molecule has 0 aliphatic carbocycles. The molecule has 61 heavy (non-hydrogen) atoms. The minimum absolute atomic E-state index is 0.0188. The van der Waals surface area contributed by atoms with E-state index in [1.54, 1.807) is 0 Å². The number of ether oxygens (including phenoxy) is 1. The van der Waals surface area contributed by atoms with Crippen molar-refractivity contribution in [2.24, 2.45) is 0 Å². The van der Waals surface area contributed by atoms with Gasteiger partial charge in [-0.3, -0.25) is 9.59 Å². The van der Waals surface area contributed by atoms with Crippen LogP contribution in [0.4, 0.5) is 0 Å². The first-order chi connectivity index (χ1) is 30.0. The number of hydrogen-bond donors (Lipinski definition) is 3. The number of allylic oxidation sites excluding steroid dienone is 2. The Morgan fingerprint density at radius 1 is 0.443 bits per heavy atom. The highest BCUT2D eigenvalue weighted by Gasteiger charge is 2.20. The van der Waals surface area contributed by atoms with Gasteiger partial charge in [0.05, 0.1) is 25.4 Å². The number of carbonyl (C=O) groups excluding carboxylic acids is 2. The molecule has 362 valence electrons. The number of carbonyl (C=O) groups is 2.